The van der Waals surface area contributed by atoms with Gasteiger partial charge in [0.25, 0.3) is 0 Å². The summed E-state index contributed by atoms with van der Waals surface area (Å²) < 4.78 is 41.7. The first-order valence-electron chi connectivity index (χ1n) is 6.40. The van der Waals surface area contributed by atoms with E-state index < -0.39 is 24.0 Å². The van der Waals surface area contributed by atoms with Gasteiger partial charge in [-0.15, -0.1) is 0 Å². The number of halogens is 3. The summed E-state index contributed by atoms with van der Waals surface area (Å²) in [5.41, 5.74) is -0.642. The minimum atomic E-state index is -4.42. The summed E-state index contributed by atoms with van der Waals surface area (Å²) >= 11 is 0. The third-order valence-electron chi connectivity index (χ3n) is 2.79. The second-order valence-corrected chi connectivity index (χ2v) is 5.70. The predicted molar refractivity (Wildman–Crippen MR) is 64.6 cm³/mol. The molecular formula is C12H21F3N2O2. The van der Waals surface area contributed by atoms with Crippen LogP contribution in [0.1, 0.15) is 40.0 Å². The van der Waals surface area contributed by atoms with Gasteiger partial charge in [0, 0.05) is 19.1 Å². The molecule has 7 heteroatoms. The molecule has 0 aromatic rings. The molecule has 1 amide bonds. The van der Waals surface area contributed by atoms with Crippen LogP contribution in [0.2, 0.25) is 0 Å². The Kier molecular flexibility index (Phi) is 5.06. The van der Waals surface area contributed by atoms with Crippen molar-refractivity contribution in [3.63, 3.8) is 0 Å². The zero-order chi connectivity index (χ0) is 14.7. The van der Waals surface area contributed by atoms with Gasteiger partial charge in [0.05, 0.1) is 0 Å². The quantitative estimate of drug-likeness (QED) is 0.792. The van der Waals surface area contributed by atoms with Gasteiger partial charge < -0.3 is 9.64 Å². The summed E-state index contributed by atoms with van der Waals surface area (Å²) in [6.45, 7) is 5.36. The van der Waals surface area contributed by atoms with Crippen molar-refractivity contribution in [2.45, 2.75) is 58.0 Å². The van der Waals surface area contributed by atoms with Crippen LogP contribution in [0.4, 0.5) is 18.0 Å². The highest BCUT2D eigenvalue weighted by molar-refractivity contribution is 5.68. The average molecular weight is 282 g/mol. The lowest BCUT2D eigenvalue weighted by Crippen LogP contribution is -2.52. The van der Waals surface area contributed by atoms with Gasteiger partial charge in [-0.25, -0.2) is 10.1 Å². The van der Waals surface area contributed by atoms with Crippen molar-refractivity contribution in [1.29, 1.82) is 0 Å². The van der Waals surface area contributed by atoms with Gasteiger partial charge >= 0.3 is 12.4 Å². The van der Waals surface area contributed by atoms with Crippen LogP contribution in [0.15, 0.2) is 0 Å². The number of nitrogens with one attached hydrogen (secondary N) is 1. The molecule has 0 saturated carbocycles. The molecule has 0 spiro atoms. The van der Waals surface area contributed by atoms with Crippen molar-refractivity contribution in [2.75, 3.05) is 13.1 Å². The van der Waals surface area contributed by atoms with Crippen LogP contribution < -0.4 is 5.32 Å². The Morgan fingerprint density at radius 1 is 1.32 bits per heavy atom. The van der Waals surface area contributed by atoms with E-state index >= 15 is 0 Å². The fourth-order valence-electron chi connectivity index (χ4n) is 2.01. The number of carbonyl (C=O) groups excluding carboxylic acids is 1. The molecule has 1 aliphatic rings. The number of amides is 1. The van der Waals surface area contributed by atoms with Crippen molar-refractivity contribution >= 4 is 6.09 Å². The summed E-state index contributed by atoms with van der Waals surface area (Å²) in [6, 6.07) is -0.467. The maximum Gasteiger partial charge on any atom is 0.457 e. The number of alkyl halides is 3. The maximum absolute atomic E-state index is 12.2. The summed E-state index contributed by atoms with van der Waals surface area (Å²) in [5.74, 6) is 0. The van der Waals surface area contributed by atoms with Crippen molar-refractivity contribution in [3.05, 3.63) is 0 Å². The fraction of sp³-hybridized carbons (Fsp3) is 0.917. The third kappa shape index (κ3) is 6.13. The minimum Gasteiger partial charge on any atom is -0.444 e. The van der Waals surface area contributed by atoms with E-state index in [9.17, 15) is 18.0 Å². The monoisotopic (exact) mass is 282 g/mol. The lowest BCUT2D eigenvalue weighted by molar-refractivity contribution is -0.159. The molecule has 0 radical (unpaired) electrons. The number of likely N-dealkylation sites (tertiary alicyclic amines) is 1. The second kappa shape index (κ2) is 5.98. The van der Waals surface area contributed by atoms with E-state index in [0.29, 0.717) is 13.0 Å². The molecular weight excluding hydrogens is 261 g/mol. The van der Waals surface area contributed by atoms with Gasteiger partial charge in [-0.05, 0) is 40.0 Å². The molecule has 1 saturated heterocycles. The highest BCUT2D eigenvalue weighted by Gasteiger charge is 2.34. The number of carbonyl (C=O) groups is 1. The molecule has 1 N–H and O–H groups in total. The van der Waals surface area contributed by atoms with E-state index in [0.717, 1.165) is 12.8 Å². The topological polar surface area (TPSA) is 41.6 Å². The van der Waals surface area contributed by atoms with E-state index in [1.807, 2.05) is 0 Å². The Morgan fingerprint density at radius 2 is 1.95 bits per heavy atom. The molecule has 19 heavy (non-hydrogen) atoms. The Labute approximate surface area is 111 Å². The Balaban J connectivity index is 2.59. The van der Waals surface area contributed by atoms with E-state index in [1.165, 1.54) is 10.2 Å². The summed E-state index contributed by atoms with van der Waals surface area (Å²) in [4.78, 5) is 13.3. The summed E-state index contributed by atoms with van der Waals surface area (Å²) in [5, 5.41) is 1.49. The SMILES string of the molecule is CC(C)(C)OC(=O)N1CCCC[C@H]1CNC(F)(F)F. The van der Waals surface area contributed by atoms with Gasteiger partial charge in [0.1, 0.15) is 5.60 Å². The molecule has 1 heterocycles. The highest BCUT2D eigenvalue weighted by atomic mass is 19.4. The van der Waals surface area contributed by atoms with Crippen molar-refractivity contribution in [1.82, 2.24) is 10.2 Å². The Bertz CT molecular complexity index is 313. The summed E-state index contributed by atoms with van der Waals surface area (Å²) in [6.07, 6.45) is -2.79. The van der Waals surface area contributed by atoms with Crippen LogP contribution in [0.25, 0.3) is 0 Å². The molecule has 4 nitrogen and oxygen atoms in total. The fourth-order valence-corrected chi connectivity index (χ4v) is 2.01. The van der Waals surface area contributed by atoms with Crippen LogP contribution in [0.5, 0.6) is 0 Å². The largest absolute Gasteiger partial charge is 0.457 e. The van der Waals surface area contributed by atoms with Gasteiger partial charge in [0.15, 0.2) is 0 Å². The first kappa shape index (κ1) is 16.1. The Hall–Kier alpha value is -0.980. The van der Waals surface area contributed by atoms with E-state index in [1.54, 1.807) is 20.8 Å². The number of nitrogens with zero attached hydrogens (tertiary/aromatic N) is 1. The van der Waals surface area contributed by atoms with E-state index in [4.69, 9.17) is 4.74 Å². The first-order chi connectivity index (χ1) is 8.58. The third-order valence-corrected chi connectivity index (χ3v) is 2.79. The molecule has 1 aliphatic heterocycles. The van der Waals surface area contributed by atoms with Crippen molar-refractivity contribution in [2.24, 2.45) is 0 Å². The van der Waals surface area contributed by atoms with Crippen molar-refractivity contribution < 1.29 is 22.7 Å². The molecule has 1 fully saturated rings. The molecule has 0 aliphatic carbocycles. The molecule has 0 unspecified atom stereocenters. The van der Waals surface area contributed by atoms with Gasteiger partial charge in [-0.2, -0.15) is 13.2 Å². The molecule has 0 aromatic carbocycles. The molecule has 1 atom stereocenters. The molecule has 112 valence electrons. The molecule has 0 aromatic heterocycles. The zero-order valence-electron chi connectivity index (χ0n) is 11.5. The average Bonchev–Trinajstić information content (AvgIpc) is 2.23. The second-order valence-electron chi connectivity index (χ2n) is 5.70. The smallest absolute Gasteiger partial charge is 0.444 e. The minimum absolute atomic E-state index is 0.289. The molecule has 1 rings (SSSR count). The predicted octanol–water partition coefficient (Wildman–Crippen LogP) is 2.89. The van der Waals surface area contributed by atoms with Gasteiger partial charge in [0.2, 0.25) is 0 Å². The first-order valence-corrected chi connectivity index (χ1v) is 6.40. The lowest BCUT2D eigenvalue weighted by Gasteiger charge is -2.37. The maximum atomic E-state index is 12.2. The van der Waals surface area contributed by atoms with Crippen LogP contribution >= 0.6 is 0 Å². The zero-order valence-corrected chi connectivity index (χ0v) is 11.5. The number of ether oxygens (including phenoxy) is 1. The normalized spacial score (nSPS) is 21.4. The number of hydrogen-bond acceptors (Lipinski definition) is 3. The molecule has 0 bridgehead atoms. The Morgan fingerprint density at radius 3 is 2.47 bits per heavy atom. The highest BCUT2D eigenvalue weighted by Crippen LogP contribution is 2.21. The standard InChI is InChI=1S/C12H21F3N2O2/c1-11(2,3)19-10(18)17-7-5-4-6-9(17)8-16-12(13,14)15/h9,16H,4-8H2,1-3H3/t9-/m0/s1. The van der Waals surface area contributed by atoms with Gasteiger partial charge in [-0.1, -0.05) is 0 Å². The lowest BCUT2D eigenvalue weighted by atomic mass is 10.0. The number of piperidine rings is 1. The number of hydrogen-bond donors (Lipinski definition) is 1. The van der Waals surface area contributed by atoms with Crippen LogP contribution in [0, 0.1) is 0 Å². The summed E-state index contributed by atoms with van der Waals surface area (Å²) in [7, 11) is 0. The van der Waals surface area contributed by atoms with E-state index in [-0.39, 0.29) is 6.54 Å². The van der Waals surface area contributed by atoms with Crippen LogP contribution in [-0.4, -0.2) is 42.0 Å². The number of rotatable bonds is 2. The van der Waals surface area contributed by atoms with Crippen LogP contribution in [0.3, 0.4) is 0 Å². The van der Waals surface area contributed by atoms with E-state index in [2.05, 4.69) is 0 Å². The van der Waals surface area contributed by atoms with Gasteiger partial charge in [-0.3, -0.25) is 0 Å². The van der Waals surface area contributed by atoms with Crippen LogP contribution in [-0.2, 0) is 4.74 Å². The van der Waals surface area contributed by atoms with Crippen molar-refractivity contribution in [3.8, 4) is 0 Å².